The molecule has 0 saturated heterocycles. The molecule has 29 heavy (non-hydrogen) atoms. The molecule has 8 nitrogen and oxygen atoms in total. The lowest BCUT2D eigenvalue weighted by Crippen LogP contribution is -2.28. The predicted octanol–water partition coefficient (Wildman–Crippen LogP) is 2.64. The van der Waals surface area contributed by atoms with Crippen molar-refractivity contribution in [3.63, 3.8) is 0 Å². The van der Waals surface area contributed by atoms with Gasteiger partial charge in [0.25, 0.3) is 5.56 Å². The van der Waals surface area contributed by atoms with Gasteiger partial charge in [-0.15, -0.1) is 5.10 Å². The molecular weight excluding hydrogens is 392 g/mol. The lowest BCUT2D eigenvalue weighted by Gasteiger charge is -2.08. The molecule has 1 N–H and O–H groups in total. The smallest absolute Gasteiger partial charge is 0.283 e. The molecule has 0 bridgehead atoms. The lowest BCUT2D eigenvalue weighted by molar-refractivity contribution is -0.116. The van der Waals surface area contributed by atoms with E-state index >= 15 is 0 Å². The first kappa shape index (κ1) is 18.8. The molecule has 4 rings (SSSR count). The minimum absolute atomic E-state index is 0.116. The van der Waals surface area contributed by atoms with Gasteiger partial charge in [0.2, 0.25) is 5.91 Å². The van der Waals surface area contributed by atoms with E-state index in [4.69, 9.17) is 11.6 Å². The van der Waals surface area contributed by atoms with Crippen molar-refractivity contribution in [2.45, 2.75) is 20.0 Å². The van der Waals surface area contributed by atoms with Gasteiger partial charge in [-0.05, 0) is 42.3 Å². The molecule has 0 unspecified atom stereocenters. The van der Waals surface area contributed by atoms with Crippen molar-refractivity contribution in [2.75, 3.05) is 5.32 Å². The van der Waals surface area contributed by atoms with E-state index in [0.717, 1.165) is 11.1 Å². The summed E-state index contributed by atoms with van der Waals surface area (Å²) in [5, 5.41) is 11.4. The highest BCUT2D eigenvalue weighted by Gasteiger charge is 2.14. The summed E-state index contributed by atoms with van der Waals surface area (Å²) in [5.74, 6) is -0.326. The molecule has 0 aliphatic heterocycles. The fraction of sp³-hybridized carbons (Fsp3) is 0.150. The number of carbonyl (C=O) groups excluding carboxylic acids is 1. The highest BCUT2D eigenvalue weighted by Crippen LogP contribution is 2.12. The van der Waals surface area contributed by atoms with Crippen LogP contribution in [0.2, 0.25) is 5.02 Å². The minimum Gasteiger partial charge on any atom is -0.325 e. The highest BCUT2D eigenvalue weighted by molar-refractivity contribution is 6.30. The fourth-order valence-corrected chi connectivity index (χ4v) is 3.07. The maximum absolute atomic E-state index is 12.7. The number of aryl methyl sites for hydroxylation is 1. The number of fused-ring (bicyclic) bond motifs is 1. The SMILES string of the molecule is Cc1cccc(NC(=O)Cn2cnc3c(nnn3Cc3ccc(Cl)cc3)c2=O)c1. The molecule has 0 atom stereocenters. The van der Waals surface area contributed by atoms with Crippen LogP contribution in [0.4, 0.5) is 5.69 Å². The van der Waals surface area contributed by atoms with Gasteiger partial charge in [0.15, 0.2) is 11.2 Å². The van der Waals surface area contributed by atoms with Crippen LogP contribution >= 0.6 is 11.6 Å². The van der Waals surface area contributed by atoms with Gasteiger partial charge in [-0.1, -0.05) is 41.1 Å². The zero-order valence-electron chi connectivity index (χ0n) is 15.5. The Morgan fingerprint density at radius 2 is 1.97 bits per heavy atom. The van der Waals surface area contributed by atoms with Gasteiger partial charge in [-0.25, -0.2) is 9.67 Å². The first-order chi connectivity index (χ1) is 14.0. The Hall–Kier alpha value is -3.52. The third-order valence-electron chi connectivity index (χ3n) is 4.35. The van der Waals surface area contributed by atoms with Crippen molar-refractivity contribution in [3.05, 3.63) is 81.4 Å². The van der Waals surface area contributed by atoms with Crippen LogP contribution in [0.15, 0.2) is 59.7 Å². The van der Waals surface area contributed by atoms with Crippen LogP contribution in [0.25, 0.3) is 11.2 Å². The standard InChI is InChI=1S/C20H17ClN6O2/c1-13-3-2-4-16(9-13)23-17(28)11-26-12-22-19-18(20(26)29)24-25-27(19)10-14-5-7-15(21)8-6-14/h2-9,12H,10-11H2,1H3,(H,23,28). The van der Waals surface area contributed by atoms with E-state index in [1.165, 1.54) is 15.6 Å². The number of rotatable bonds is 5. The second-order valence-electron chi connectivity index (χ2n) is 6.64. The molecule has 0 radical (unpaired) electrons. The van der Waals surface area contributed by atoms with Crippen LogP contribution in [0.5, 0.6) is 0 Å². The Morgan fingerprint density at radius 3 is 2.72 bits per heavy atom. The van der Waals surface area contributed by atoms with E-state index in [-0.39, 0.29) is 18.0 Å². The third kappa shape index (κ3) is 4.17. The van der Waals surface area contributed by atoms with Gasteiger partial charge in [0.1, 0.15) is 12.9 Å². The number of benzene rings is 2. The normalized spacial score (nSPS) is 11.0. The maximum atomic E-state index is 12.7. The number of anilines is 1. The van der Waals surface area contributed by atoms with Crippen molar-refractivity contribution in [1.29, 1.82) is 0 Å². The van der Waals surface area contributed by atoms with Crippen LogP contribution in [0.3, 0.4) is 0 Å². The number of nitrogens with one attached hydrogen (secondary N) is 1. The average molecular weight is 409 g/mol. The number of nitrogens with zero attached hydrogens (tertiary/aromatic N) is 5. The minimum atomic E-state index is -0.420. The third-order valence-corrected chi connectivity index (χ3v) is 4.61. The fourth-order valence-electron chi connectivity index (χ4n) is 2.95. The summed E-state index contributed by atoms with van der Waals surface area (Å²) in [4.78, 5) is 29.3. The predicted molar refractivity (Wildman–Crippen MR) is 110 cm³/mol. The molecule has 2 aromatic heterocycles. The Labute approximate surface area is 170 Å². The van der Waals surface area contributed by atoms with Gasteiger partial charge in [-0.3, -0.25) is 14.2 Å². The number of amides is 1. The van der Waals surface area contributed by atoms with Crippen molar-refractivity contribution in [3.8, 4) is 0 Å². The lowest BCUT2D eigenvalue weighted by atomic mass is 10.2. The van der Waals surface area contributed by atoms with Crippen LogP contribution in [0.1, 0.15) is 11.1 Å². The molecule has 0 aliphatic carbocycles. The molecule has 1 amide bonds. The number of aromatic nitrogens is 5. The summed E-state index contributed by atoms with van der Waals surface area (Å²) in [5.41, 5.74) is 2.71. The molecule has 0 fully saturated rings. The van der Waals surface area contributed by atoms with Gasteiger partial charge < -0.3 is 5.32 Å². The molecule has 2 heterocycles. The largest absolute Gasteiger partial charge is 0.325 e. The molecule has 9 heteroatoms. The summed E-state index contributed by atoms with van der Waals surface area (Å²) < 4.78 is 2.76. The Bertz CT molecular complexity index is 1250. The summed E-state index contributed by atoms with van der Waals surface area (Å²) in [6.45, 7) is 2.17. The molecule has 0 aliphatic rings. The van der Waals surface area contributed by atoms with Crippen molar-refractivity contribution < 1.29 is 4.79 Å². The molecule has 4 aromatic rings. The first-order valence-electron chi connectivity index (χ1n) is 8.89. The zero-order chi connectivity index (χ0) is 20.4. The molecule has 146 valence electrons. The summed E-state index contributed by atoms with van der Waals surface area (Å²) in [6.07, 6.45) is 1.34. The van der Waals surface area contributed by atoms with E-state index in [2.05, 4.69) is 20.6 Å². The second kappa shape index (κ2) is 7.84. The number of hydrogen-bond acceptors (Lipinski definition) is 5. The Balaban J connectivity index is 1.54. The number of hydrogen-bond donors (Lipinski definition) is 1. The molecule has 0 spiro atoms. The topological polar surface area (TPSA) is 94.7 Å². The van der Waals surface area contributed by atoms with Crippen LogP contribution in [-0.4, -0.2) is 30.5 Å². The first-order valence-corrected chi connectivity index (χ1v) is 9.27. The van der Waals surface area contributed by atoms with Crippen LogP contribution < -0.4 is 10.9 Å². The number of halogens is 1. The Kier molecular flexibility index (Phi) is 5.09. The zero-order valence-corrected chi connectivity index (χ0v) is 16.3. The van der Waals surface area contributed by atoms with Crippen LogP contribution in [-0.2, 0) is 17.9 Å². The summed E-state index contributed by atoms with van der Waals surface area (Å²) in [7, 11) is 0. The van der Waals surface area contributed by atoms with E-state index in [1.807, 2.05) is 37.3 Å². The highest BCUT2D eigenvalue weighted by atomic mass is 35.5. The van der Waals surface area contributed by atoms with Gasteiger partial charge >= 0.3 is 0 Å². The Morgan fingerprint density at radius 1 is 1.17 bits per heavy atom. The average Bonchev–Trinajstić information content (AvgIpc) is 3.09. The van der Waals surface area contributed by atoms with Crippen molar-refractivity contribution >= 4 is 34.4 Å². The second-order valence-corrected chi connectivity index (χ2v) is 7.08. The van der Waals surface area contributed by atoms with E-state index in [9.17, 15) is 9.59 Å². The van der Waals surface area contributed by atoms with Crippen molar-refractivity contribution in [2.24, 2.45) is 0 Å². The van der Waals surface area contributed by atoms with Crippen LogP contribution in [0, 0.1) is 6.92 Å². The maximum Gasteiger partial charge on any atom is 0.283 e. The molecular formula is C20H17ClN6O2. The molecule has 2 aromatic carbocycles. The summed E-state index contributed by atoms with van der Waals surface area (Å²) >= 11 is 5.90. The van der Waals surface area contributed by atoms with E-state index in [1.54, 1.807) is 18.2 Å². The van der Waals surface area contributed by atoms with E-state index < -0.39 is 5.56 Å². The van der Waals surface area contributed by atoms with Crippen molar-refractivity contribution in [1.82, 2.24) is 24.5 Å². The number of carbonyl (C=O) groups is 1. The van der Waals surface area contributed by atoms with Gasteiger partial charge in [0.05, 0.1) is 6.54 Å². The van der Waals surface area contributed by atoms with E-state index in [0.29, 0.717) is 22.9 Å². The summed E-state index contributed by atoms with van der Waals surface area (Å²) in [6, 6.07) is 14.7. The van der Waals surface area contributed by atoms with Gasteiger partial charge in [0, 0.05) is 10.7 Å². The quantitative estimate of drug-likeness (QED) is 0.547. The van der Waals surface area contributed by atoms with Gasteiger partial charge in [-0.2, -0.15) is 0 Å². The monoisotopic (exact) mass is 408 g/mol. The molecule has 0 saturated carbocycles.